The minimum absolute atomic E-state index is 0.154. The third kappa shape index (κ3) is 3.58. The molecule has 0 spiro atoms. The van der Waals surface area contributed by atoms with Gasteiger partial charge in [0.05, 0.1) is 5.69 Å². The zero-order chi connectivity index (χ0) is 13.8. The molecule has 1 heterocycles. The first kappa shape index (κ1) is 13.1. The van der Waals surface area contributed by atoms with Gasteiger partial charge in [-0.15, -0.1) is 0 Å². The Labute approximate surface area is 111 Å². The largest absolute Gasteiger partial charge is 0.396 e. The van der Waals surface area contributed by atoms with E-state index in [4.69, 9.17) is 11.5 Å². The van der Waals surface area contributed by atoms with Crippen molar-refractivity contribution in [1.29, 1.82) is 0 Å². The second-order valence-electron chi connectivity index (χ2n) is 4.55. The van der Waals surface area contributed by atoms with E-state index in [2.05, 4.69) is 10.3 Å². The van der Waals surface area contributed by atoms with Crippen molar-refractivity contribution >= 4 is 17.3 Å². The summed E-state index contributed by atoms with van der Waals surface area (Å²) in [4.78, 5) is 4.15. The molecule has 5 N–H and O–H groups in total. The van der Waals surface area contributed by atoms with E-state index in [1.807, 2.05) is 6.92 Å². The smallest absolute Gasteiger partial charge is 0.149 e. The van der Waals surface area contributed by atoms with Gasteiger partial charge in [-0.1, -0.05) is 12.1 Å². The molecule has 0 radical (unpaired) electrons. The van der Waals surface area contributed by atoms with E-state index in [0.29, 0.717) is 17.3 Å². The number of halogens is 1. The van der Waals surface area contributed by atoms with E-state index in [9.17, 15) is 4.39 Å². The average molecular weight is 260 g/mol. The number of anilines is 3. The van der Waals surface area contributed by atoms with Gasteiger partial charge in [-0.2, -0.15) is 0 Å². The quantitative estimate of drug-likeness (QED) is 0.789. The zero-order valence-corrected chi connectivity index (χ0v) is 10.7. The van der Waals surface area contributed by atoms with Crippen molar-refractivity contribution in [3.8, 4) is 0 Å². The lowest BCUT2D eigenvalue weighted by Gasteiger charge is -2.15. The molecule has 19 heavy (non-hydrogen) atoms. The van der Waals surface area contributed by atoms with Gasteiger partial charge < -0.3 is 16.8 Å². The number of aromatic nitrogens is 1. The number of benzene rings is 1. The summed E-state index contributed by atoms with van der Waals surface area (Å²) < 4.78 is 12.8. The van der Waals surface area contributed by atoms with Gasteiger partial charge in [0, 0.05) is 6.04 Å². The van der Waals surface area contributed by atoms with E-state index in [1.54, 1.807) is 24.3 Å². The molecule has 0 fully saturated rings. The van der Waals surface area contributed by atoms with E-state index >= 15 is 0 Å². The highest BCUT2D eigenvalue weighted by molar-refractivity contribution is 5.61. The number of nitrogens with two attached hydrogens (primary N) is 2. The first-order valence-corrected chi connectivity index (χ1v) is 6.07. The van der Waals surface area contributed by atoms with Crippen molar-refractivity contribution in [3.05, 3.63) is 47.8 Å². The van der Waals surface area contributed by atoms with Crippen LogP contribution in [0.2, 0.25) is 0 Å². The normalized spacial score (nSPS) is 12.1. The fourth-order valence-corrected chi connectivity index (χ4v) is 1.84. The summed E-state index contributed by atoms with van der Waals surface area (Å²) in [7, 11) is 0. The van der Waals surface area contributed by atoms with Crippen LogP contribution < -0.4 is 16.8 Å². The van der Waals surface area contributed by atoms with E-state index in [-0.39, 0.29) is 11.9 Å². The molecule has 0 amide bonds. The Morgan fingerprint density at radius 3 is 2.47 bits per heavy atom. The van der Waals surface area contributed by atoms with Crippen LogP contribution in [-0.2, 0) is 6.42 Å². The zero-order valence-electron chi connectivity index (χ0n) is 10.7. The number of nitrogens with zero attached hydrogens (tertiary/aromatic N) is 1. The maximum atomic E-state index is 12.8. The van der Waals surface area contributed by atoms with Gasteiger partial charge in [-0.05, 0) is 43.2 Å². The molecule has 4 nitrogen and oxygen atoms in total. The van der Waals surface area contributed by atoms with Gasteiger partial charge in [0.15, 0.2) is 0 Å². The molecule has 100 valence electrons. The van der Waals surface area contributed by atoms with E-state index in [0.717, 1.165) is 12.0 Å². The predicted octanol–water partition coefficient (Wildman–Crippen LogP) is 2.43. The Morgan fingerprint density at radius 1 is 1.16 bits per heavy atom. The Hall–Kier alpha value is -2.30. The third-order valence-electron chi connectivity index (χ3n) is 2.81. The maximum Gasteiger partial charge on any atom is 0.149 e. The molecule has 1 aromatic carbocycles. The number of pyridine rings is 1. The van der Waals surface area contributed by atoms with Gasteiger partial charge >= 0.3 is 0 Å². The monoisotopic (exact) mass is 260 g/mol. The minimum Gasteiger partial charge on any atom is -0.396 e. The van der Waals surface area contributed by atoms with Crippen molar-refractivity contribution in [2.24, 2.45) is 0 Å². The topological polar surface area (TPSA) is 77.0 Å². The predicted molar refractivity (Wildman–Crippen MR) is 76.3 cm³/mol. The summed E-state index contributed by atoms with van der Waals surface area (Å²) in [5.41, 5.74) is 12.8. The standard InChI is InChI=1S/C14H17FN4/c1-9(8-10-2-4-11(15)5-3-10)18-13-7-6-12(16)14(17)19-13/h2-7,9H,8,16H2,1H3,(H3,17,18,19). The summed E-state index contributed by atoms with van der Waals surface area (Å²) in [5.74, 6) is 0.776. The summed E-state index contributed by atoms with van der Waals surface area (Å²) in [6.07, 6.45) is 0.770. The minimum atomic E-state index is -0.225. The molecule has 2 aromatic rings. The van der Waals surface area contributed by atoms with Gasteiger partial charge in [0.25, 0.3) is 0 Å². The van der Waals surface area contributed by atoms with Gasteiger partial charge in [0.1, 0.15) is 17.5 Å². The molecule has 1 unspecified atom stereocenters. The van der Waals surface area contributed by atoms with Crippen molar-refractivity contribution < 1.29 is 4.39 Å². The second kappa shape index (κ2) is 5.56. The molecule has 5 heteroatoms. The molecule has 2 rings (SSSR count). The summed E-state index contributed by atoms with van der Waals surface area (Å²) in [6.45, 7) is 2.03. The fraction of sp³-hybridized carbons (Fsp3) is 0.214. The van der Waals surface area contributed by atoms with Crippen molar-refractivity contribution in [2.45, 2.75) is 19.4 Å². The van der Waals surface area contributed by atoms with Crippen molar-refractivity contribution in [1.82, 2.24) is 4.98 Å². The van der Waals surface area contributed by atoms with Crippen LogP contribution in [0.4, 0.5) is 21.7 Å². The first-order chi connectivity index (χ1) is 9.04. The molecule has 0 aliphatic carbocycles. The summed E-state index contributed by atoms with van der Waals surface area (Å²) in [5, 5.41) is 3.23. The van der Waals surface area contributed by atoms with E-state index < -0.39 is 0 Å². The van der Waals surface area contributed by atoms with Crippen LogP contribution in [0.25, 0.3) is 0 Å². The molecule has 1 aromatic heterocycles. The second-order valence-corrected chi connectivity index (χ2v) is 4.55. The Kier molecular flexibility index (Phi) is 3.85. The summed E-state index contributed by atoms with van der Waals surface area (Å²) in [6, 6.07) is 10.1. The lowest BCUT2D eigenvalue weighted by molar-refractivity contribution is 0.626. The molecular weight excluding hydrogens is 243 g/mol. The lowest BCUT2D eigenvalue weighted by Crippen LogP contribution is -2.19. The lowest BCUT2D eigenvalue weighted by atomic mass is 10.1. The number of nitrogens with one attached hydrogen (secondary N) is 1. The Bertz CT molecular complexity index is 554. The number of hydrogen-bond acceptors (Lipinski definition) is 4. The molecule has 0 bridgehead atoms. The Balaban J connectivity index is 1.98. The molecule has 0 saturated carbocycles. The van der Waals surface area contributed by atoms with Gasteiger partial charge in [-0.3, -0.25) is 0 Å². The van der Waals surface area contributed by atoms with Crippen molar-refractivity contribution in [3.63, 3.8) is 0 Å². The van der Waals surface area contributed by atoms with Crippen molar-refractivity contribution in [2.75, 3.05) is 16.8 Å². The number of rotatable bonds is 4. The van der Waals surface area contributed by atoms with Gasteiger partial charge in [0.2, 0.25) is 0 Å². The highest BCUT2D eigenvalue weighted by atomic mass is 19.1. The SMILES string of the molecule is CC(Cc1ccc(F)cc1)Nc1ccc(N)c(N)n1. The van der Waals surface area contributed by atoms with Crippen LogP contribution in [0.15, 0.2) is 36.4 Å². The highest BCUT2D eigenvalue weighted by Crippen LogP contribution is 2.16. The van der Waals surface area contributed by atoms with Crippen LogP contribution in [0.3, 0.4) is 0 Å². The molecule has 0 aliphatic heterocycles. The van der Waals surface area contributed by atoms with Crippen LogP contribution in [0, 0.1) is 5.82 Å². The van der Waals surface area contributed by atoms with Crippen LogP contribution in [-0.4, -0.2) is 11.0 Å². The van der Waals surface area contributed by atoms with Crippen LogP contribution in [0.1, 0.15) is 12.5 Å². The molecule has 0 saturated heterocycles. The third-order valence-corrected chi connectivity index (χ3v) is 2.81. The maximum absolute atomic E-state index is 12.8. The first-order valence-electron chi connectivity index (χ1n) is 6.07. The summed E-state index contributed by atoms with van der Waals surface area (Å²) >= 11 is 0. The molecule has 1 atom stereocenters. The highest BCUT2D eigenvalue weighted by Gasteiger charge is 2.06. The number of hydrogen-bond donors (Lipinski definition) is 3. The van der Waals surface area contributed by atoms with E-state index in [1.165, 1.54) is 12.1 Å². The number of nitrogen functional groups attached to an aromatic ring is 2. The van der Waals surface area contributed by atoms with Gasteiger partial charge in [-0.25, -0.2) is 9.37 Å². The Morgan fingerprint density at radius 2 is 1.84 bits per heavy atom. The van der Waals surface area contributed by atoms with Crippen LogP contribution >= 0.6 is 0 Å². The van der Waals surface area contributed by atoms with Crippen LogP contribution in [0.5, 0.6) is 0 Å². The molecular formula is C14H17FN4. The molecule has 0 aliphatic rings. The fourth-order valence-electron chi connectivity index (χ4n) is 1.84. The average Bonchev–Trinajstić information content (AvgIpc) is 2.37.